The van der Waals surface area contributed by atoms with Crippen LogP contribution < -0.4 is 5.32 Å². The van der Waals surface area contributed by atoms with Gasteiger partial charge in [0, 0.05) is 24.5 Å². The quantitative estimate of drug-likeness (QED) is 0.886. The predicted octanol–water partition coefficient (Wildman–Crippen LogP) is 3.94. The zero-order valence-corrected chi connectivity index (χ0v) is 12.3. The molecule has 0 spiro atoms. The maximum absolute atomic E-state index is 4.36. The van der Waals surface area contributed by atoms with Crippen LogP contribution in [0.3, 0.4) is 0 Å². The first-order chi connectivity index (χ1) is 9.72. The molecular weight excluding hydrogens is 244 g/mol. The van der Waals surface area contributed by atoms with Gasteiger partial charge in [-0.2, -0.15) is 0 Å². The number of rotatable bonds is 5. The molecule has 1 fully saturated rings. The Labute approximate surface area is 121 Å². The van der Waals surface area contributed by atoms with Crippen LogP contribution in [0.15, 0.2) is 42.6 Å². The average Bonchev–Trinajstić information content (AvgIpc) is 3.28. The predicted molar refractivity (Wildman–Crippen MR) is 82.5 cm³/mol. The lowest BCUT2D eigenvalue weighted by Crippen LogP contribution is -2.22. The number of aryl methyl sites for hydroxylation is 2. The molecule has 0 bridgehead atoms. The van der Waals surface area contributed by atoms with Gasteiger partial charge in [-0.15, -0.1) is 0 Å². The average molecular weight is 266 g/mol. The number of hydrogen-bond acceptors (Lipinski definition) is 2. The minimum Gasteiger partial charge on any atom is -0.306 e. The minimum absolute atomic E-state index is 0.483. The van der Waals surface area contributed by atoms with Gasteiger partial charge in [0.25, 0.3) is 0 Å². The summed E-state index contributed by atoms with van der Waals surface area (Å²) in [4.78, 5) is 4.36. The van der Waals surface area contributed by atoms with Crippen LogP contribution in [-0.4, -0.2) is 4.98 Å². The molecule has 1 aromatic heterocycles. The first-order valence-electron chi connectivity index (χ1n) is 7.44. The first-order valence-corrected chi connectivity index (χ1v) is 7.44. The molecule has 1 heterocycles. The van der Waals surface area contributed by atoms with E-state index < -0.39 is 0 Å². The van der Waals surface area contributed by atoms with Crippen molar-refractivity contribution in [3.8, 4) is 0 Å². The van der Waals surface area contributed by atoms with Crippen molar-refractivity contribution in [1.82, 2.24) is 10.3 Å². The van der Waals surface area contributed by atoms with Gasteiger partial charge in [0.05, 0.1) is 0 Å². The van der Waals surface area contributed by atoms with Crippen LogP contribution in [0.25, 0.3) is 0 Å². The number of nitrogens with one attached hydrogen (secondary N) is 1. The van der Waals surface area contributed by atoms with Crippen LogP contribution in [0.4, 0.5) is 0 Å². The van der Waals surface area contributed by atoms with Gasteiger partial charge in [0.15, 0.2) is 0 Å². The van der Waals surface area contributed by atoms with Crippen LogP contribution >= 0.6 is 0 Å². The second kappa shape index (κ2) is 5.76. The van der Waals surface area contributed by atoms with Gasteiger partial charge < -0.3 is 5.32 Å². The summed E-state index contributed by atoms with van der Waals surface area (Å²) in [7, 11) is 0. The van der Waals surface area contributed by atoms with E-state index >= 15 is 0 Å². The van der Waals surface area contributed by atoms with Crippen LogP contribution in [0, 0.1) is 19.8 Å². The smallest absolute Gasteiger partial charge is 0.0372 e. The highest BCUT2D eigenvalue weighted by atomic mass is 14.9. The van der Waals surface area contributed by atoms with Gasteiger partial charge in [0.2, 0.25) is 0 Å². The van der Waals surface area contributed by atoms with E-state index in [1.54, 1.807) is 0 Å². The highest BCUT2D eigenvalue weighted by molar-refractivity contribution is 5.26. The van der Waals surface area contributed by atoms with Gasteiger partial charge in [-0.25, -0.2) is 0 Å². The van der Waals surface area contributed by atoms with Gasteiger partial charge >= 0.3 is 0 Å². The largest absolute Gasteiger partial charge is 0.306 e. The Morgan fingerprint density at radius 1 is 1.10 bits per heavy atom. The maximum Gasteiger partial charge on any atom is 0.0372 e. The van der Waals surface area contributed by atoms with Crippen LogP contribution in [0.5, 0.6) is 0 Å². The second-order valence-corrected chi connectivity index (χ2v) is 5.91. The summed E-state index contributed by atoms with van der Waals surface area (Å²) in [5.74, 6) is 0.802. The molecule has 1 atom stereocenters. The Kier molecular flexibility index (Phi) is 3.83. The molecule has 1 saturated carbocycles. The molecule has 1 unspecified atom stereocenters. The molecule has 0 amide bonds. The van der Waals surface area contributed by atoms with Crippen molar-refractivity contribution < 1.29 is 0 Å². The van der Waals surface area contributed by atoms with Crippen molar-refractivity contribution in [2.45, 2.75) is 39.3 Å². The summed E-state index contributed by atoms with van der Waals surface area (Å²) in [6.45, 7) is 5.06. The molecule has 0 saturated heterocycles. The fourth-order valence-electron chi connectivity index (χ4n) is 2.59. The van der Waals surface area contributed by atoms with E-state index in [4.69, 9.17) is 0 Å². The van der Waals surface area contributed by atoms with Gasteiger partial charge in [-0.1, -0.05) is 35.9 Å². The van der Waals surface area contributed by atoms with E-state index in [-0.39, 0.29) is 0 Å². The van der Waals surface area contributed by atoms with Crippen molar-refractivity contribution in [3.05, 3.63) is 65.0 Å². The molecule has 0 radical (unpaired) electrons. The highest BCUT2D eigenvalue weighted by Crippen LogP contribution is 2.41. The van der Waals surface area contributed by atoms with Crippen molar-refractivity contribution in [2.24, 2.45) is 5.92 Å². The zero-order valence-electron chi connectivity index (χ0n) is 12.3. The molecule has 1 aliphatic rings. The number of nitrogens with zero attached hydrogens (tertiary/aromatic N) is 1. The molecule has 0 aliphatic heterocycles. The Morgan fingerprint density at radius 3 is 2.45 bits per heavy atom. The fourth-order valence-corrected chi connectivity index (χ4v) is 2.59. The van der Waals surface area contributed by atoms with Gasteiger partial charge in [-0.3, -0.25) is 4.98 Å². The van der Waals surface area contributed by atoms with Crippen LogP contribution in [-0.2, 0) is 6.54 Å². The van der Waals surface area contributed by atoms with E-state index in [0.29, 0.717) is 6.04 Å². The summed E-state index contributed by atoms with van der Waals surface area (Å²) < 4.78 is 0. The molecule has 2 nitrogen and oxygen atoms in total. The van der Waals surface area contributed by atoms with E-state index in [2.05, 4.69) is 53.6 Å². The molecule has 1 N–H and O–H groups in total. The van der Waals surface area contributed by atoms with Crippen molar-refractivity contribution in [1.29, 1.82) is 0 Å². The normalized spacial score (nSPS) is 16.1. The molecule has 2 heteroatoms. The Hall–Kier alpha value is -1.67. The summed E-state index contributed by atoms with van der Waals surface area (Å²) >= 11 is 0. The van der Waals surface area contributed by atoms with Crippen LogP contribution in [0.2, 0.25) is 0 Å². The highest BCUT2D eigenvalue weighted by Gasteiger charge is 2.31. The lowest BCUT2D eigenvalue weighted by Gasteiger charge is -2.19. The maximum atomic E-state index is 4.36. The lowest BCUT2D eigenvalue weighted by atomic mass is 10.0. The van der Waals surface area contributed by atoms with E-state index in [1.165, 1.54) is 29.5 Å². The van der Waals surface area contributed by atoms with E-state index in [0.717, 1.165) is 18.2 Å². The third kappa shape index (κ3) is 3.26. The standard InChI is InChI=1S/C18H22N2/c1-13-3-7-16(8-4-13)18(17-9-10-17)20-12-15-6-5-14(2)19-11-15/h3-8,11,17-18,20H,9-10,12H2,1-2H3. The fraction of sp³-hybridized carbons (Fsp3) is 0.389. The Morgan fingerprint density at radius 2 is 1.85 bits per heavy atom. The molecular formula is C18H22N2. The summed E-state index contributed by atoms with van der Waals surface area (Å²) in [5.41, 5.74) is 5.07. The van der Waals surface area contributed by atoms with Gasteiger partial charge in [-0.05, 0) is 49.8 Å². The third-order valence-electron chi connectivity index (χ3n) is 4.03. The monoisotopic (exact) mass is 266 g/mol. The van der Waals surface area contributed by atoms with E-state index in [1.807, 2.05) is 13.1 Å². The summed E-state index contributed by atoms with van der Waals surface area (Å²) in [6, 6.07) is 13.7. The molecule has 20 heavy (non-hydrogen) atoms. The van der Waals surface area contributed by atoms with Crippen molar-refractivity contribution in [2.75, 3.05) is 0 Å². The zero-order chi connectivity index (χ0) is 13.9. The Balaban J connectivity index is 1.68. The SMILES string of the molecule is Cc1ccc(C(NCc2ccc(C)nc2)C2CC2)cc1. The number of aromatic nitrogens is 1. The topological polar surface area (TPSA) is 24.9 Å². The number of pyridine rings is 1. The third-order valence-corrected chi connectivity index (χ3v) is 4.03. The number of hydrogen-bond donors (Lipinski definition) is 1. The number of benzene rings is 1. The molecule has 1 aliphatic carbocycles. The van der Waals surface area contributed by atoms with Gasteiger partial charge in [0.1, 0.15) is 0 Å². The summed E-state index contributed by atoms with van der Waals surface area (Å²) in [5, 5.41) is 3.71. The summed E-state index contributed by atoms with van der Waals surface area (Å²) in [6.07, 6.45) is 4.66. The van der Waals surface area contributed by atoms with E-state index in [9.17, 15) is 0 Å². The Bertz CT molecular complexity index is 553. The van der Waals surface area contributed by atoms with Crippen LogP contribution in [0.1, 0.15) is 41.3 Å². The molecule has 104 valence electrons. The lowest BCUT2D eigenvalue weighted by molar-refractivity contribution is 0.480. The van der Waals surface area contributed by atoms with Crippen molar-refractivity contribution in [3.63, 3.8) is 0 Å². The minimum atomic E-state index is 0.483. The molecule has 3 rings (SSSR count). The molecule has 1 aromatic carbocycles. The second-order valence-electron chi connectivity index (χ2n) is 5.91. The van der Waals surface area contributed by atoms with Crippen molar-refractivity contribution >= 4 is 0 Å². The first kappa shape index (κ1) is 13.3. The molecule has 2 aromatic rings.